The first kappa shape index (κ1) is 12.1. The predicted molar refractivity (Wildman–Crippen MR) is 62.4 cm³/mol. The molecular weight excluding hydrogens is 188 g/mol. The molecule has 0 aliphatic heterocycles. The summed E-state index contributed by atoms with van der Waals surface area (Å²) in [4.78, 5) is 0. The van der Waals surface area contributed by atoms with E-state index in [1.54, 1.807) is 0 Å². The predicted octanol–water partition coefficient (Wildman–Crippen LogP) is 2.88. The van der Waals surface area contributed by atoms with E-state index in [4.69, 9.17) is 9.84 Å². The van der Waals surface area contributed by atoms with Gasteiger partial charge in [-0.25, -0.2) is 0 Å². The smallest absolute Gasteiger partial charge is 0.122 e. The molecule has 1 aromatic rings. The van der Waals surface area contributed by atoms with Crippen molar-refractivity contribution in [1.29, 1.82) is 0 Å². The quantitative estimate of drug-likeness (QED) is 0.824. The lowest BCUT2D eigenvalue weighted by Gasteiger charge is -2.15. The van der Waals surface area contributed by atoms with Crippen molar-refractivity contribution in [2.75, 3.05) is 6.61 Å². The van der Waals surface area contributed by atoms with Crippen molar-refractivity contribution in [2.45, 2.75) is 39.7 Å². The van der Waals surface area contributed by atoms with Crippen molar-refractivity contribution in [2.24, 2.45) is 0 Å². The fraction of sp³-hybridized carbons (Fsp3) is 0.538. The second-order valence-electron chi connectivity index (χ2n) is 4.28. The first-order valence-electron chi connectivity index (χ1n) is 5.42. The van der Waals surface area contributed by atoms with E-state index in [0.717, 1.165) is 16.9 Å². The molecule has 0 amide bonds. The van der Waals surface area contributed by atoms with Gasteiger partial charge < -0.3 is 9.84 Å². The van der Waals surface area contributed by atoms with Crippen molar-refractivity contribution >= 4 is 0 Å². The van der Waals surface area contributed by atoms with Crippen molar-refractivity contribution in [1.82, 2.24) is 0 Å². The van der Waals surface area contributed by atoms with Crippen LogP contribution in [0.4, 0.5) is 0 Å². The minimum atomic E-state index is 0.184. The van der Waals surface area contributed by atoms with Gasteiger partial charge in [-0.05, 0) is 38.0 Å². The Morgan fingerprint density at radius 1 is 1.27 bits per heavy atom. The molecule has 0 radical (unpaired) electrons. The lowest BCUT2D eigenvalue weighted by Crippen LogP contribution is -2.07. The Labute approximate surface area is 91.9 Å². The van der Waals surface area contributed by atoms with E-state index in [-0.39, 0.29) is 18.6 Å². The Kier molecular flexibility index (Phi) is 4.15. The maximum Gasteiger partial charge on any atom is 0.122 e. The van der Waals surface area contributed by atoms with Crippen LogP contribution in [0.2, 0.25) is 0 Å². The van der Waals surface area contributed by atoms with Crippen molar-refractivity contribution in [3.8, 4) is 5.75 Å². The van der Waals surface area contributed by atoms with Gasteiger partial charge in [-0.3, -0.25) is 0 Å². The Morgan fingerprint density at radius 2 is 1.93 bits per heavy atom. The van der Waals surface area contributed by atoms with Crippen molar-refractivity contribution in [3.63, 3.8) is 0 Å². The van der Waals surface area contributed by atoms with Gasteiger partial charge in [0.2, 0.25) is 0 Å². The molecule has 0 bridgehead atoms. The van der Waals surface area contributed by atoms with E-state index in [2.05, 4.69) is 6.07 Å². The average Bonchev–Trinajstić information content (AvgIpc) is 2.19. The number of hydrogen-bond acceptors (Lipinski definition) is 2. The van der Waals surface area contributed by atoms with Gasteiger partial charge in [0, 0.05) is 12.5 Å². The van der Waals surface area contributed by atoms with Gasteiger partial charge in [-0.1, -0.05) is 19.1 Å². The molecule has 15 heavy (non-hydrogen) atoms. The van der Waals surface area contributed by atoms with Gasteiger partial charge in [0.1, 0.15) is 5.75 Å². The van der Waals surface area contributed by atoms with Crippen LogP contribution in [0.5, 0.6) is 5.75 Å². The molecule has 0 aromatic heterocycles. The van der Waals surface area contributed by atoms with Crippen LogP contribution >= 0.6 is 0 Å². The summed E-state index contributed by atoms with van der Waals surface area (Å²) >= 11 is 0. The number of hydrogen-bond donors (Lipinski definition) is 1. The molecule has 0 saturated heterocycles. The third-order valence-electron chi connectivity index (χ3n) is 2.40. The fourth-order valence-corrected chi connectivity index (χ4v) is 1.47. The zero-order valence-corrected chi connectivity index (χ0v) is 9.95. The number of aliphatic hydroxyl groups excluding tert-OH is 1. The SMILES string of the molecule is Cc1cc(C(C)CO)ccc1OC(C)C. The molecule has 0 aliphatic carbocycles. The third-order valence-corrected chi connectivity index (χ3v) is 2.40. The van der Waals surface area contributed by atoms with E-state index in [1.807, 2.05) is 39.8 Å². The average molecular weight is 208 g/mol. The molecule has 0 spiro atoms. The number of rotatable bonds is 4. The summed E-state index contributed by atoms with van der Waals surface area (Å²) in [5.41, 5.74) is 2.28. The second-order valence-corrected chi connectivity index (χ2v) is 4.28. The second kappa shape index (κ2) is 5.17. The highest BCUT2D eigenvalue weighted by atomic mass is 16.5. The van der Waals surface area contributed by atoms with Gasteiger partial charge in [-0.15, -0.1) is 0 Å². The Bertz CT molecular complexity index is 318. The van der Waals surface area contributed by atoms with Crippen LogP contribution in [0, 0.1) is 6.92 Å². The van der Waals surface area contributed by atoms with E-state index < -0.39 is 0 Å². The van der Waals surface area contributed by atoms with Crippen LogP contribution < -0.4 is 4.74 Å². The molecule has 84 valence electrons. The minimum Gasteiger partial charge on any atom is -0.491 e. The topological polar surface area (TPSA) is 29.5 Å². The minimum absolute atomic E-state index is 0.184. The maximum absolute atomic E-state index is 9.06. The van der Waals surface area contributed by atoms with Gasteiger partial charge in [0.25, 0.3) is 0 Å². The first-order chi connectivity index (χ1) is 7.04. The molecule has 0 saturated carbocycles. The first-order valence-corrected chi connectivity index (χ1v) is 5.42. The molecule has 0 heterocycles. The highest BCUT2D eigenvalue weighted by Crippen LogP contribution is 2.24. The molecule has 2 nitrogen and oxygen atoms in total. The van der Waals surface area contributed by atoms with Gasteiger partial charge in [0.05, 0.1) is 6.10 Å². The molecule has 1 N–H and O–H groups in total. The molecule has 0 fully saturated rings. The zero-order valence-electron chi connectivity index (χ0n) is 9.95. The monoisotopic (exact) mass is 208 g/mol. The summed E-state index contributed by atoms with van der Waals surface area (Å²) in [6.45, 7) is 8.26. The largest absolute Gasteiger partial charge is 0.491 e. The van der Waals surface area contributed by atoms with E-state index in [1.165, 1.54) is 0 Å². The third kappa shape index (κ3) is 3.24. The summed E-state index contributed by atoms with van der Waals surface area (Å²) in [5.74, 6) is 1.12. The van der Waals surface area contributed by atoms with Crippen LogP contribution in [-0.4, -0.2) is 17.8 Å². The van der Waals surface area contributed by atoms with Gasteiger partial charge in [0.15, 0.2) is 0 Å². The van der Waals surface area contributed by atoms with Crippen LogP contribution in [0.15, 0.2) is 18.2 Å². The lowest BCUT2D eigenvalue weighted by atomic mass is 10.00. The number of ether oxygens (including phenoxy) is 1. The summed E-state index contributed by atoms with van der Waals surface area (Å²) < 4.78 is 5.65. The maximum atomic E-state index is 9.06. The highest BCUT2D eigenvalue weighted by Gasteiger charge is 2.07. The van der Waals surface area contributed by atoms with E-state index >= 15 is 0 Å². The molecule has 0 aliphatic rings. The standard InChI is InChI=1S/C13H20O2/c1-9(2)15-13-6-5-12(7-10(13)3)11(4)8-14/h5-7,9,11,14H,8H2,1-4H3. The van der Waals surface area contributed by atoms with Crippen LogP contribution in [-0.2, 0) is 0 Å². The van der Waals surface area contributed by atoms with Gasteiger partial charge >= 0.3 is 0 Å². The van der Waals surface area contributed by atoms with Gasteiger partial charge in [-0.2, -0.15) is 0 Å². The molecule has 2 heteroatoms. The fourth-order valence-electron chi connectivity index (χ4n) is 1.47. The number of benzene rings is 1. The van der Waals surface area contributed by atoms with E-state index in [9.17, 15) is 0 Å². The highest BCUT2D eigenvalue weighted by molar-refractivity contribution is 5.37. The molecule has 1 unspecified atom stereocenters. The zero-order chi connectivity index (χ0) is 11.4. The summed E-state index contributed by atoms with van der Waals surface area (Å²) in [5, 5.41) is 9.06. The molecular formula is C13H20O2. The number of aryl methyl sites for hydroxylation is 1. The lowest BCUT2D eigenvalue weighted by molar-refractivity contribution is 0.240. The normalized spacial score (nSPS) is 12.9. The number of aliphatic hydroxyl groups is 1. The summed E-state index contributed by atoms with van der Waals surface area (Å²) in [6, 6.07) is 6.08. The Morgan fingerprint density at radius 3 is 2.40 bits per heavy atom. The molecule has 1 atom stereocenters. The molecule has 1 rings (SSSR count). The van der Waals surface area contributed by atoms with Crippen LogP contribution in [0.25, 0.3) is 0 Å². The molecule has 1 aromatic carbocycles. The Hall–Kier alpha value is -1.02. The van der Waals surface area contributed by atoms with Crippen molar-refractivity contribution < 1.29 is 9.84 Å². The summed E-state index contributed by atoms with van der Waals surface area (Å²) in [7, 11) is 0. The van der Waals surface area contributed by atoms with E-state index in [0.29, 0.717) is 0 Å². The van der Waals surface area contributed by atoms with Crippen LogP contribution in [0.1, 0.15) is 37.8 Å². The Balaban J connectivity index is 2.88. The van der Waals surface area contributed by atoms with Crippen LogP contribution in [0.3, 0.4) is 0 Å². The van der Waals surface area contributed by atoms with Crippen molar-refractivity contribution in [3.05, 3.63) is 29.3 Å². The summed E-state index contributed by atoms with van der Waals surface area (Å²) in [6.07, 6.45) is 0.199.